The summed E-state index contributed by atoms with van der Waals surface area (Å²) >= 11 is 2.10. The number of H-pyrrole nitrogens is 1. The number of halogens is 1. The zero-order valence-corrected chi connectivity index (χ0v) is 14.8. The molecule has 0 saturated heterocycles. The van der Waals surface area contributed by atoms with Gasteiger partial charge >= 0.3 is 0 Å². The second-order valence-corrected chi connectivity index (χ2v) is 7.83. The van der Waals surface area contributed by atoms with Gasteiger partial charge in [0.2, 0.25) is 0 Å². The van der Waals surface area contributed by atoms with Crippen molar-refractivity contribution in [2.45, 2.75) is 31.3 Å². The molecule has 0 saturated carbocycles. The van der Waals surface area contributed by atoms with Crippen LogP contribution in [0.3, 0.4) is 0 Å². The first-order chi connectivity index (χ1) is 9.88. The largest absolute Gasteiger partial charge is 0.363 e. The van der Waals surface area contributed by atoms with Gasteiger partial charge in [-0.2, -0.15) is 0 Å². The van der Waals surface area contributed by atoms with E-state index in [9.17, 15) is 8.42 Å². The van der Waals surface area contributed by atoms with E-state index in [0.29, 0.717) is 18.3 Å². The number of rotatable bonds is 6. The molecular formula is C14H18IN3O2S. The molecule has 0 radical (unpaired) electrons. The van der Waals surface area contributed by atoms with Gasteiger partial charge in [0.25, 0.3) is 10.0 Å². The maximum absolute atomic E-state index is 12.4. The van der Waals surface area contributed by atoms with E-state index in [1.165, 1.54) is 6.20 Å². The Morgan fingerprint density at radius 3 is 2.67 bits per heavy atom. The fraction of sp³-hybridized carbons (Fsp3) is 0.286. The Morgan fingerprint density at radius 1 is 1.29 bits per heavy atom. The summed E-state index contributed by atoms with van der Waals surface area (Å²) in [5.41, 5.74) is 1.42. The highest BCUT2D eigenvalue weighted by molar-refractivity contribution is 14.1. The SMILES string of the molecule is CC(C)NCc1cc(S(=O)(=O)Nc2ccccc2I)c[nH]1. The average Bonchev–Trinajstić information content (AvgIpc) is 2.88. The molecule has 0 fully saturated rings. The van der Waals surface area contributed by atoms with Crippen molar-refractivity contribution in [3.8, 4) is 0 Å². The van der Waals surface area contributed by atoms with Crippen LogP contribution < -0.4 is 10.0 Å². The van der Waals surface area contributed by atoms with Crippen LogP contribution in [-0.2, 0) is 16.6 Å². The molecule has 0 atom stereocenters. The monoisotopic (exact) mass is 419 g/mol. The lowest BCUT2D eigenvalue weighted by Crippen LogP contribution is -2.21. The molecule has 2 aromatic rings. The third kappa shape index (κ3) is 4.45. The first-order valence-electron chi connectivity index (χ1n) is 6.56. The van der Waals surface area contributed by atoms with Gasteiger partial charge in [0.15, 0.2) is 0 Å². The number of hydrogen-bond acceptors (Lipinski definition) is 3. The highest BCUT2D eigenvalue weighted by atomic mass is 127. The summed E-state index contributed by atoms with van der Waals surface area (Å²) in [6.07, 6.45) is 1.51. The van der Waals surface area contributed by atoms with Gasteiger partial charge in [-0.25, -0.2) is 8.42 Å². The van der Waals surface area contributed by atoms with Crippen molar-refractivity contribution in [1.29, 1.82) is 0 Å². The fourth-order valence-electron chi connectivity index (χ4n) is 1.74. The molecule has 1 heterocycles. The fourth-order valence-corrected chi connectivity index (χ4v) is 3.54. The normalized spacial score (nSPS) is 11.8. The van der Waals surface area contributed by atoms with E-state index in [4.69, 9.17) is 0 Å². The van der Waals surface area contributed by atoms with E-state index >= 15 is 0 Å². The highest BCUT2D eigenvalue weighted by Gasteiger charge is 2.17. The summed E-state index contributed by atoms with van der Waals surface area (Å²) in [4.78, 5) is 3.22. The van der Waals surface area contributed by atoms with E-state index in [2.05, 4.69) is 37.6 Å². The molecule has 0 amide bonds. The van der Waals surface area contributed by atoms with E-state index in [1.54, 1.807) is 18.2 Å². The number of hydrogen-bond donors (Lipinski definition) is 3. The number of aromatic nitrogens is 1. The van der Waals surface area contributed by atoms with Crippen molar-refractivity contribution in [3.63, 3.8) is 0 Å². The van der Waals surface area contributed by atoms with Gasteiger partial charge in [-0.05, 0) is 40.8 Å². The average molecular weight is 419 g/mol. The minimum atomic E-state index is -3.57. The topological polar surface area (TPSA) is 74.0 Å². The van der Waals surface area contributed by atoms with E-state index in [0.717, 1.165) is 9.26 Å². The Hall–Kier alpha value is -1.06. The smallest absolute Gasteiger partial charge is 0.263 e. The highest BCUT2D eigenvalue weighted by Crippen LogP contribution is 2.21. The first-order valence-corrected chi connectivity index (χ1v) is 9.13. The molecule has 1 aromatic carbocycles. The summed E-state index contributed by atoms with van der Waals surface area (Å²) in [5.74, 6) is 0. The molecule has 0 unspecified atom stereocenters. The number of anilines is 1. The summed E-state index contributed by atoms with van der Waals surface area (Å²) in [6, 6.07) is 9.26. The van der Waals surface area contributed by atoms with E-state index in [1.807, 2.05) is 26.0 Å². The summed E-state index contributed by atoms with van der Waals surface area (Å²) in [5, 5.41) is 3.24. The second kappa shape index (κ2) is 6.80. The Morgan fingerprint density at radius 2 is 2.00 bits per heavy atom. The molecule has 0 aliphatic rings. The molecule has 5 nitrogen and oxygen atoms in total. The van der Waals surface area contributed by atoms with Crippen molar-refractivity contribution in [2.24, 2.45) is 0 Å². The Bertz CT molecular complexity index is 711. The van der Waals surface area contributed by atoms with Crippen molar-refractivity contribution in [3.05, 3.63) is 45.8 Å². The van der Waals surface area contributed by atoms with Crippen LogP contribution in [0.25, 0.3) is 0 Å². The molecule has 0 bridgehead atoms. The molecule has 0 aliphatic heterocycles. The number of benzene rings is 1. The van der Waals surface area contributed by atoms with Crippen LogP contribution in [0, 0.1) is 3.57 Å². The molecule has 0 aliphatic carbocycles. The van der Waals surface area contributed by atoms with Crippen LogP contribution >= 0.6 is 22.6 Å². The molecular weight excluding hydrogens is 401 g/mol. The van der Waals surface area contributed by atoms with Crippen LogP contribution in [0.5, 0.6) is 0 Å². The molecule has 2 rings (SSSR count). The predicted octanol–water partition coefficient (Wildman–Crippen LogP) is 2.92. The van der Waals surface area contributed by atoms with Gasteiger partial charge in [0.1, 0.15) is 4.90 Å². The molecule has 1 aromatic heterocycles. The Balaban J connectivity index is 2.15. The lowest BCUT2D eigenvalue weighted by Gasteiger charge is -2.08. The molecule has 3 N–H and O–H groups in total. The van der Waals surface area contributed by atoms with Gasteiger partial charge in [0.05, 0.1) is 5.69 Å². The number of sulfonamides is 1. The Labute approximate surface area is 138 Å². The first kappa shape index (κ1) is 16.3. The second-order valence-electron chi connectivity index (χ2n) is 4.98. The van der Waals surface area contributed by atoms with Crippen LogP contribution in [0.1, 0.15) is 19.5 Å². The zero-order valence-electron chi connectivity index (χ0n) is 11.9. The van der Waals surface area contributed by atoms with Gasteiger partial charge in [-0.1, -0.05) is 26.0 Å². The standard InChI is InChI=1S/C14H18IN3O2S/c1-10(2)16-8-11-7-12(9-17-11)21(19,20)18-14-6-4-3-5-13(14)15/h3-7,9-10,16-18H,8H2,1-2H3. The lowest BCUT2D eigenvalue weighted by atomic mass is 10.3. The van der Waals surface area contributed by atoms with Gasteiger partial charge in [-0.15, -0.1) is 0 Å². The minimum absolute atomic E-state index is 0.239. The number of aromatic amines is 1. The molecule has 114 valence electrons. The van der Waals surface area contributed by atoms with E-state index < -0.39 is 10.0 Å². The third-order valence-electron chi connectivity index (χ3n) is 2.85. The summed E-state index contributed by atoms with van der Waals surface area (Å²) in [6.45, 7) is 4.69. The summed E-state index contributed by atoms with van der Waals surface area (Å²) in [7, 11) is -3.57. The van der Waals surface area contributed by atoms with Crippen molar-refractivity contribution in [1.82, 2.24) is 10.3 Å². The van der Waals surface area contributed by atoms with E-state index in [-0.39, 0.29) is 4.90 Å². The number of nitrogens with one attached hydrogen (secondary N) is 3. The quantitative estimate of drug-likeness (QED) is 0.631. The van der Waals surface area contributed by atoms with Crippen molar-refractivity contribution in [2.75, 3.05) is 4.72 Å². The lowest BCUT2D eigenvalue weighted by molar-refractivity contribution is 0.582. The van der Waals surface area contributed by atoms with Crippen LogP contribution in [0.4, 0.5) is 5.69 Å². The maximum Gasteiger partial charge on any atom is 0.263 e. The van der Waals surface area contributed by atoms with Gasteiger partial charge in [-0.3, -0.25) is 4.72 Å². The van der Waals surface area contributed by atoms with Crippen molar-refractivity contribution < 1.29 is 8.42 Å². The summed E-state index contributed by atoms with van der Waals surface area (Å²) < 4.78 is 28.2. The van der Waals surface area contributed by atoms with Gasteiger partial charge in [0, 0.05) is 28.0 Å². The predicted molar refractivity (Wildman–Crippen MR) is 92.7 cm³/mol. The van der Waals surface area contributed by atoms with Crippen molar-refractivity contribution >= 4 is 38.3 Å². The molecule has 7 heteroatoms. The number of para-hydroxylation sites is 1. The van der Waals surface area contributed by atoms with Crippen LogP contribution in [0.15, 0.2) is 41.4 Å². The zero-order chi connectivity index (χ0) is 15.5. The maximum atomic E-state index is 12.4. The molecule has 0 spiro atoms. The minimum Gasteiger partial charge on any atom is -0.363 e. The van der Waals surface area contributed by atoms with Gasteiger partial charge < -0.3 is 10.3 Å². The Kier molecular flexibility index (Phi) is 5.28. The van der Waals surface area contributed by atoms with Crippen LogP contribution in [-0.4, -0.2) is 19.4 Å². The molecule has 21 heavy (non-hydrogen) atoms. The van der Waals surface area contributed by atoms with Crippen LogP contribution in [0.2, 0.25) is 0 Å². The third-order valence-corrected chi connectivity index (χ3v) is 5.13.